The van der Waals surface area contributed by atoms with Crippen LogP contribution in [0.3, 0.4) is 0 Å². The average Bonchev–Trinajstić information content (AvgIpc) is 3.09. The molecule has 0 aliphatic carbocycles. The van der Waals surface area contributed by atoms with Gasteiger partial charge in [-0.1, -0.05) is 19.1 Å². The third-order valence-electron chi connectivity index (χ3n) is 3.90. The van der Waals surface area contributed by atoms with E-state index in [9.17, 15) is 14.0 Å². The Hall–Kier alpha value is -1.95. The van der Waals surface area contributed by atoms with Gasteiger partial charge < -0.3 is 14.4 Å². The van der Waals surface area contributed by atoms with Gasteiger partial charge in [-0.15, -0.1) is 0 Å². The third-order valence-corrected chi connectivity index (χ3v) is 3.90. The molecule has 0 bridgehead atoms. The number of benzene rings is 1. The zero-order valence-electron chi connectivity index (χ0n) is 13.5. The number of halogens is 1. The number of esters is 1. The molecule has 2 unspecified atom stereocenters. The first-order valence-corrected chi connectivity index (χ1v) is 7.74. The number of ether oxygens (including phenoxy) is 2. The summed E-state index contributed by atoms with van der Waals surface area (Å²) in [6, 6.07) is 5.98. The summed E-state index contributed by atoms with van der Waals surface area (Å²) in [6.45, 7) is 2.84. The lowest BCUT2D eigenvalue weighted by Crippen LogP contribution is -2.42. The smallest absolute Gasteiger partial charge is 0.310 e. The highest BCUT2D eigenvalue weighted by Crippen LogP contribution is 2.18. The van der Waals surface area contributed by atoms with Crippen LogP contribution < -0.4 is 0 Å². The molecule has 1 heterocycles. The Balaban J connectivity index is 2.10. The molecule has 2 atom stereocenters. The fourth-order valence-corrected chi connectivity index (χ4v) is 2.62. The number of nitrogens with zero attached hydrogens (tertiary/aromatic N) is 1. The van der Waals surface area contributed by atoms with Crippen molar-refractivity contribution in [3.8, 4) is 0 Å². The maximum absolute atomic E-state index is 13.0. The van der Waals surface area contributed by atoms with Gasteiger partial charge in [-0.3, -0.25) is 9.59 Å². The highest BCUT2D eigenvalue weighted by Gasteiger charge is 2.30. The van der Waals surface area contributed by atoms with E-state index < -0.39 is 12.0 Å². The molecular weight excluding hydrogens is 301 g/mol. The number of carbonyl (C=O) groups excluding carboxylic acids is 2. The van der Waals surface area contributed by atoms with E-state index in [4.69, 9.17) is 9.47 Å². The molecule has 2 rings (SSSR count). The van der Waals surface area contributed by atoms with Crippen molar-refractivity contribution in [3.05, 3.63) is 35.6 Å². The number of carbonyl (C=O) groups is 2. The molecule has 5 nitrogen and oxygen atoms in total. The lowest BCUT2D eigenvalue weighted by atomic mass is 10.1. The summed E-state index contributed by atoms with van der Waals surface area (Å²) in [4.78, 5) is 25.9. The molecule has 1 saturated heterocycles. The monoisotopic (exact) mass is 323 g/mol. The molecule has 0 saturated carbocycles. The number of hydrogen-bond donors (Lipinski definition) is 0. The number of amides is 1. The van der Waals surface area contributed by atoms with E-state index >= 15 is 0 Å². The second-order valence-electron chi connectivity index (χ2n) is 5.77. The molecule has 1 fully saturated rings. The fraction of sp³-hybridized carbons (Fsp3) is 0.529. The first-order chi connectivity index (χ1) is 11.0. The summed E-state index contributed by atoms with van der Waals surface area (Å²) in [5.41, 5.74) is 0.801. The number of rotatable bonds is 6. The molecule has 1 aromatic rings. The Morgan fingerprint density at radius 3 is 2.65 bits per heavy atom. The average molecular weight is 323 g/mol. The molecule has 23 heavy (non-hydrogen) atoms. The minimum atomic E-state index is -0.458. The topological polar surface area (TPSA) is 55.8 Å². The zero-order valence-corrected chi connectivity index (χ0v) is 13.5. The predicted molar refractivity (Wildman–Crippen MR) is 82.0 cm³/mol. The SMILES string of the molecule is COC(=O)C(C)CN(Cc1ccc(F)cc1)C(=O)C1CCCO1. The van der Waals surface area contributed by atoms with E-state index in [0.29, 0.717) is 19.6 Å². The van der Waals surface area contributed by atoms with E-state index in [0.717, 1.165) is 12.0 Å². The zero-order chi connectivity index (χ0) is 16.8. The van der Waals surface area contributed by atoms with Crippen LogP contribution in [-0.4, -0.2) is 43.1 Å². The van der Waals surface area contributed by atoms with E-state index in [2.05, 4.69) is 0 Å². The van der Waals surface area contributed by atoms with Crippen LogP contribution in [0.15, 0.2) is 24.3 Å². The molecule has 0 spiro atoms. The van der Waals surface area contributed by atoms with Crippen LogP contribution in [0, 0.1) is 11.7 Å². The third kappa shape index (κ3) is 4.76. The van der Waals surface area contributed by atoms with E-state index in [-0.39, 0.29) is 24.2 Å². The molecule has 6 heteroatoms. The quantitative estimate of drug-likeness (QED) is 0.753. The van der Waals surface area contributed by atoms with E-state index in [1.807, 2.05) is 0 Å². The van der Waals surface area contributed by atoms with Gasteiger partial charge in [0.1, 0.15) is 11.9 Å². The highest BCUT2D eigenvalue weighted by atomic mass is 19.1. The van der Waals surface area contributed by atoms with Gasteiger partial charge >= 0.3 is 5.97 Å². The Kier molecular flexibility index (Phi) is 6.10. The van der Waals surface area contributed by atoms with Crippen LogP contribution >= 0.6 is 0 Å². The summed E-state index contributed by atoms with van der Waals surface area (Å²) in [5.74, 6) is -1.27. The normalized spacial score (nSPS) is 18.5. The summed E-state index contributed by atoms with van der Waals surface area (Å²) in [6.07, 6.45) is 1.08. The van der Waals surface area contributed by atoms with Crippen LogP contribution in [0.1, 0.15) is 25.3 Å². The molecule has 126 valence electrons. The lowest BCUT2D eigenvalue weighted by Gasteiger charge is -2.27. The van der Waals surface area contributed by atoms with Crippen LogP contribution in [-0.2, 0) is 25.6 Å². The summed E-state index contributed by atoms with van der Waals surface area (Å²) in [5, 5.41) is 0. The highest BCUT2D eigenvalue weighted by molar-refractivity contribution is 5.82. The Morgan fingerprint density at radius 2 is 2.09 bits per heavy atom. The van der Waals surface area contributed by atoms with Crippen molar-refractivity contribution < 1.29 is 23.5 Å². The van der Waals surface area contributed by atoms with Crippen molar-refractivity contribution >= 4 is 11.9 Å². The van der Waals surface area contributed by atoms with Crippen molar-refractivity contribution in [2.75, 3.05) is 20.3 Å². The molecule has 1 aliphatic heterocycles. The minimum Gasteiger partial charge on any atom is -0.469 e. The first kappa shape index (κ1) is 17.4. The Labute approximate surface area is 135 Å². The number of hydrogen-bond acceptors (Lipinski definition) is 4. The number of methoxy groups -OCH3 is 1. The van der Waals surface area contributed by atoms with Gasteiger partial charge in [-0.2, -0.15) is 0 Å². The van der Waals surface area contributed by atoms with Gasteiger partial charge in [-0.25, -0.2) is 4.39 Å². The first-order valence-electron chi connectivity index (χ1n) is 7.74. The molecule has 0 aromatic heterocycles. The molecule has 1 aliphatic rings. The van der Waals surface area contributed by atoms with Gasteiger partial charge in [0.05, 0.1) is 13.0 Å². The van der Waals surface area contributed by atoms with Crippen molar-refractivity contribution in [1.29, 1.82) is 0 Å². The molecule has 0 radical (unpaired) electrons. The van der Waals surface area contributed by atoms with Crippen LogP contribution in [0.2, 0.25) is 0 Å². The van der Waals surface area contributed by atoms with Crippen molar-refractivity contribution in [3.63, 3.8) is 0 Å². The Morgan fingerprint density at radius 1 is 1.39 bits per heavy atom. The summed E-state index contributed by atoms with van der Waals surface area (Å²) >= 11 is 0. The van der Waals surface area contributed by atoms with Crippen molar-refractivity contribution in [2.45, 2.75) is 32.4 Å². The van der Waals surface area contributed by atoms with Gasteiger partial charge in [0.2, 0.25) is 0 Å². The minimum absolute atomic E-state index is 0.137. The van der Waals surface area contributed by atoms with Crippen LogP contribution in [0.5, 0.6) is 0 Å². The van der Waals surface area contributed by atoms with E-state index in [1.165, 1.54) is 19.2 Å². The van der Waals surface area contributed by atoms with Gasteiger partial charge in [0.15, 0.2) is 0 Å². The van der Waals surface area contributed by atoms with Crippen molar-refractivity contribution in [1.82, 2.24) is 4.90 Å². The largest absolute Gasteiger partial charge is 0.469 e. The molecular formula is C17H22FNO4. The summed E-state index contributed by atoms with van der Waals surface area (Å²) < 4.78 is 23.2. The lowest BCUT2D eigenvalue weighted by molar-refractivity contribution is -0.148. The molecule has 0 N–H and O–H groups in total. The van der Waals surface area contributed by atoms with Crippen molar-refractivity contribution in [2.24, 2.45) is 5.92 Å². The van der Waals surface area contributed by atoms with Gasteiger partial charge in [-0.05, 0) is 30.5 Å². The Bertz CT molecular complexity index is 540. The second-order valence-corrected chi connectivity index (χ2v) is 5.77. The maximum atomic E-state index is 13.0. The molecule has 1 aromatic carbocycles. The van der Waals surface area contributed by atoms with Gasteiger partial charge in [0.25, 0.3) is 5.91 Å². The van der Waals surface area contributed by atoms with Crippen LogP contribution in [0.4, 0.5) is 4.39 Å². The fourth-order valence-electron chi connectivity index (χ4n) is 2.62. The van der Waals surface area contributed by atoms with Crippen LogP contribution in [0.25, 0.3) is 0 Å². The molecule has 1 amide bonds. The standard InChI is InChI=1S/C17H22FNO4/c1-12(17(21)22-2)10-19(16(20)15-4-3-9-23-15)11-13-5-7-14(18)8-6-13/h5-8,12,15H,3-4,9-11H2,1-2H3. The van der Waals surface area contributed by atoms with Gasteiger partial charge in [0, 0.05) is 19.7 Å². The second kappa shape index (κ2) is 8.06. The van der Waals surface area contributed by atoms with E-state index in [1.54, 1.807) is 24.0 Å². The summed E-state index contributed by atoms with van der Waals surface area (Å²) in [7, 11) is 1.32. The maximum Gasteiger partial charge on any atom is 0.310 e. The predicted octanol–water partition coefficient (Wildman–Crippen LogP) is 2.14.